The maximum absolute atomic E-state index is 12.7. The van der Waals surface area contributed by atoms with Crippen molar-refractivity contribution in [2.75, 3.05) is 4.72 Å². The van der Waals surface area contributed by atoms with Crippen LogP contribution in [0.1, 0.15) is 5.82 Å². The van der Waals surface area contributed by atoms with Crippen molar-refractivity contribution in [2.24, 2.45) is 0 Å². The van der Waals surface area contributed by atoms with Gasteiger partial charge in [0.2, 0.25) is 0 Å². The molecule has 1 heterocycles. The van der Waals surface area contributed by atoms with Crippen LogP contribution in [0.3, 0.4) is 0 Å². The molecular formula is C19H16N4O2S. The molecule has 0 unspecified atom stereocenters. The standard InChI is InChI=1S/C19H16N4O2S/c1-13-20-19(22-21-13)16-7-4-8-17(11-16)23-26(24,25)18-10-9-14-5-2-3-6-15(14)12-18/h2-12,23H,1H3,(H,20,21,22). The number of aromatic nitrogens is 3. The van der Waals surface area contributed by atoms with Gasteiger partial charge in [0.15, 0.2) is 5.82 Å². The summed E-state index contributed by atoms with van der Waals surface area (Å²) in [4.78, 5) is 4.48. The lowest BCUT2D eigenvalue weighted by Gasteiger charge is -2.10. The zero-order chi connectivity index (χ0) is 18.1. The van der Waals surface area contributed by atoms with E-state index in [4.69, 9.17) is 0 Å². The van der Waals surface area contributed by atoms with Gasteiger partial charge in [0.25, 0.3) is 10.0 Å². The number of hydrogen-bond donors (Lipinski definition) is 2. The minimum Gasteiger partial charge on any atom is -0.280 e. The largest absolute Gasteiger partial charge is 0.280 e. The van der Waals surface area contributed by atoms with E-state index >= 15 is 0 Å². The smallest absolute Gasteiger partial charge is 0.261 e. The summed E-state index contributed by atoms with van der Waals surface area (Å²) in [5.74, 6) is 1.22. The topological polar surface area (TPSA) is 87.7 Å². The molecule has 130 valence electrons. The SMILES string of the molecule is Cc1nc(-c2cccc(NS(=O)(=O)c3ccc4ccccc4c3)c2)n[nH]1. The Balaban J connectivity index is 1.67. The molecule has 0 bridgehead atoms. The van der Waals surface area contributed by atoms with Gasteiger partial charge in [-0.15, -0.1) is 0 Å². The summed E-state index contributed by atoms with van der Waals surface area (Å²) < 4.78 is 28.1. The van der Waals surface area contributed by atoms with Crippen LogP contribution < -0.4 is 4.72 Å². The number of rotatable bonds is 4. The van der Waals surface area contributed by atoms with Crippen LogP contribution in [-0.2, 0) is 10.0 Å². The molecule has 0 amide bonds. The maximum Gasteiger partial charge on any atom is 0.261 e. The van der Waals surface area contributed by atoms with Gasteiger partial charge >= 0.3 is 0 Å². The highest BCUT2D eigenvalue weighted by Gasteiger charge is 2.15. The molecule has 0 fully saturated rings. The van der Waals surface area contributed by atoms with Crippen molar-refractivity contribution in [1.82, 2.24) is 15.2 Å². The van der Waals surface area contributed by atoms with Crippen LogP contribution in [-0.4, -0.2) is 23.6 Å². The first kappa shape index (κ1) is 16.3. The van der Waals surface area contributed by atoms with E-state index in [0.29, 0.717) is 17.3 Å². The molecule has 4 aromatic rings. The second kappa shape index (κ2) is 6.27. The number of fused-ring (bicyclic) bond motifs is 1. The zero-order valence-corrected chi connectivity index (χ0v) is 14.8. The summed E-state index contributed by atoms with van der Waals surface area (Å²) >= 11 is 0. The highest BCUT2D eigenvalue weighted by atomic mass is 32.2. The first-order chi connectivity index (χ1) is 12.5. The molecule has 0 aliphatic heterocycles. The molecule has 0 atom stereocenters. The molecule has 0 spiro atoms. The molecule has 4 rings (SSSR count). The fourth-order valence-electron chi connectivity index (χ4n) is 2.74. The summed E-state index contributed by atoms with van der Waals surface area (Å²) in [5.41, 5.74) is 1.19. The number of hydrogen-bond acceptors (Lipinski definition) is 4. The lowest BCUT2D eigenvalue weighted by molar-refractivity contribution is 0.601. The Bertz CT molecular complexity index is 1200. The van der Waals surface area contributed by atoms with Crippen molar-refractivity contribution in [3.05, 3.63) is 72.6 Å². The second-order valence-electron chi connectivity index (χ2n) is 5.94. The number of aryl methyl sites for hydroxylation is 1. The highest BCUT2D eigenvalue weighted by molar-refractivity contribution is 7.92. The van der Waals surface area contributed by atoms with E-state index in [1.807, 2.05) is 37.3 Å². The van der Waals surface area contributed by atoms with Crippen molar-refractivity contribution in [3.8, 4) is 11.4 Å². The average Bonchev–Trinajstić information content (AvgIpc) is 3.08. The molecule has 3 aromatic carbocycles. The van der Waals surface area contributed by atoms with Gasteiger partial charge in [0, 0.05) is 11.3 Å². The van der Waals surface area contributed by atoms with Gasteiger partial charge in [-0.25, -0.2) is 13.4 Å². The summed E-state index contributed by atoms with van der Waals surface area (Å²) in [5, 5.41) is 8.75. The van der Waals surface area contributed by atoms with Gasteiger partial charge in [0.1, 0.15) is 5.82 Å². The van der Waals surface area contributed by atoms with Gasteiger partial charge in [-0.2, -0.15) is 5.10 Å². The third kappa shape index (κ3) is 3.16. The number of aromatic amines is 1. The first-order valence-electron chi connectivity index (χ1n) is 8.02. The van der Waals surface area contributed by atoms with Crippen LogP contribution in [0.5, 0.6) is 0 Å². The lowest BCUT2D eigenvalue weighted by atomic mass is 10.1. The van der Waals surface area contributed by atoms with Gasteiger partial charge in [-0.1, -0.05) is 42.5 Å². The predicted molar refractivity (Wildman–Crippen MR) is 101 cm³/mol. The Kier molecular flexibility index (Phi) is 3.93. The Morgan fingerprint density at radius 3 is 2.50 bits per heavy atom. The van der Waals surface area contributed by atoms with E-state index in [1.54, 1.807) is 36.4 Å². The zero-order valence-electron chi connectivity index (χ0n) is 14.0. The molecule has 26 heavy (non-hydrogen) atoms. The molecular weight excluding hydrogens is 348 g/mol. The third-order valence-electron chi connectivity index (χ3n) is 4.00. The summed E-state index contributed by atoms with van der Waals surface area (Å²) in [6, 6.07) is 19.7. The minimum absolute atomic E-state index is 0.218. The van der Waals surface area contributed by atoms with Crippen LogP contribution in [0.4, 0.5) is 5.69 Å². The monoisotopic (exact) mass is 364 g/mol. The molecule has 1 aromatic heterocycles. The fraction of sp³-hybridized carbons (Fsp3) is 0.0526. The number of sulfonamides is 1. The van der Waals surface area contributed by atoms with Crippen molar-refractivity contribution < 1.29 is 8.42 Å². The molecule has 0 saturated heterocycles. The van der Waals surface area contributed by atoms with Crippen LogP contribution in [0.2, 0.25) is 0 Å². The van der Waals surface area contributed by atoms with E-state index < -0.39 is 10.0 Å². The van der Waals surface area contributed by atoms with Gasteiger partial charge in [0.05, 0.1) is 4.90 Å². The van der Waals surface area contributed by atoms with E-state index in [0.717, 1.165) is 16.3 Å². The van der Waals surface area contributed by atoms with E-state index in [1.165, 1.54) is 0 Å². The molecule has 0 radical (unpaired) electrons. The van der Waals surface area contributed by atoms with Gasteiger partial charge in [-0.3, -0.25) is 9.82 Å². The van der Waals surface area contributed by atoms with Crippen LogP contribution >= 0.6 is 0 Å². The fourth-order valence-corrected chi connectivity index (χ4v) is 3.83. The molecule has 2 N–H and O–H groups in total. The van der Waals surface area contributed by atoms with Crippen molar-refractivity contribution in [2.45, 2.75) is 11.8 Å². The van der Waals surface area contributed by atoms with E-state index in [9.17, 15) is 8.42 Å². The van der Waals surface area contributed by atoms with Crippen molar-refractivity contribution in [3.63, 3.8) is 0 Å². The van der Waals surface area contributed by atoms with Crippen LogP contribution in [0.25, 0.3) is 22.2 Å². The molecule has 6 nitrogen and oxygen atoms in total. The predicted octanol–water partition coefficient (Wildman–Crippen LogP) is 3.73. The molecule has 0 saturated carbocycles. The first-order valence-corrected chi connectivity index (χ1v) is 9.51. The number of nitrogens with one attached hydrogen (secondary N) is 2. The Hall–Kier alpha value is -3.19. The average molecular weight is 364 g/mol. The van der Waals surface area contributed by atoms with Crippen molar-refractivity contribution in [1.29, 1.82) is 0 Å². The number of H-pyrrole nitrogens is 1. The lowest BCUT2D eigenvalue weighted by Crippen LogP contribution is -2.12. The van der Waals surface area contributed by atoms with E-state index in [-0.39, 0.29) is 4.90 Å². The maximum atomic E-state index is 12.7. The normalized spacial score (nSPS) is 11.6. The minimum atomic E-state index is -3.70. The van der Waals surface area contributed by atoms with Crippen molar-refractivity contribution >= 4 is 26.5 Å². The van der Waals surface area contributed by atoms with Gasteiger partial charge < -0.3 is 0 Å². The Morgan fingerprint density at radius 2 is 1.73 bits per heavy atom. The van der Waals surface area contributed by atoms with E-state index in [2.05, 4.69) is 19.9 Å². The number of benzene rings is 3. The Morgan fingerprint density at radius 1 is 0.923 bits per heavy atom. The number of anilines is 1. The number of nitrogens with zero attached hydrogens (tertiary/aromatic N) is 2. The summed E-state index contributed by atoms with van der Waals surface area (Å²) in [6.07, 6.45) is 0. The molecule has 7 heteroatoms. The molecule has 0 aliphatic carbocycles. The molecule has 0 aliphatic rings. The quantitative estimate of drug-likeness (QED) is 0.577. The summed E-state index contributed by atoms with van der Waals surface area (Å²) in [7, 11) is -3.70. The Labute approximate surface area is 151 Å². The van der Waals surface area contributed by atoms with Crippen LogP contribution in [0.15, 0.2) is 71.6 Å². The van der Waals surface area contributed by atoms with Crippen LogP contribution in [0, 0.1) is 6.92 Å². The second-order valence-corrected chi connectivity index (χ2v) is 7.62. The summed E-state index contributed by atoms with van der Waals surface area (Å²) in [6.45, 7) is 1.81. The van der Waals surface area contributed by atoms with Gasteiger partial charge in [-0.05, 0) is 42.0 Å². The highest BCUT2D eigenvalue weighted by Crippen LogP contribution is 2.24. The third-order valence-corrected chi connectivity index (χ3v) is 5.38.